The van der Waals surface area contributed by atoms with E-state index >= 15 is 0 Å². The summed E-state index contributed by atoms with van der Waals surface area (Å²) in [6.45, 7) is 5.54. The Kier molecular flexibility index (Phi) is 5.72. The van der Waals surface area contributed by atoms with Crippen LogP contribution in [0.15, 0.2) is 24.3 Å². The van der Waals surface area contributed by atoms with Gasteiger partial charge in [0, 0.05) is 50.6 Å². The molecule has 3 rings (SSSR count). The van der Waals surface area contributed by atoms with Crippen molar-refractivity contribution in [2.24, 2.45) is 13.0 Å². The van der Waals surface area contributed by atoms with Crippen molar-refractivity contribution in [2.75, 3.05) is 27.2 Å². The zero-order valence-corrected chi connectivity index (χ0v) is 17.2. The van der Waals surface area contributed by atoms with Gasteiger partial charge in [-0.25, -0.2) is 0 Å². The van der Waals surface area contributed by atoms with Crippen LogP contribution in [0.3, 0.4) is 0 Å². The Morgan fingerprint density at radius 3 is 2.71 bits per heavy atom. The number of methoxy groups -OCH3 is 1. The molecular formula is C21H28N4O3. The fourth-order valence-electron chi connectivity index (χ4n) is 3.76. The monoisotopic (exact) mass is 384 g/mol. The molecule has 2 heterocycles. The molecule has 0 bridgehead atoms. The van der Waals surface area contributed by atoms with Crippen LogP contribution in [0.4, 0.5) is 0 Å². The van der Waals surface area contributed by atoms with Gasteiger partial charge in [0.15, 0.2) is 0 Å². The summed E-state index contributed by atoms with van der Waals surface area (Å²) >= 11 is 0. The number of amides is 2. The predicted octanol–water partition coefficient (Wildman–Crippen LogP) is 2.17. The van der Waals surface area contributed by atoms with Crippen LogP contribution in [-0.4, -0.2) is 58.6 Å². The van der Waals surface area contributed by atoms with E-state index in [9.17, 15) is 9.59 Å². The average Bonchev–Trinajstić information content (AvgIpc) is 3.28. The molecule has 1 aromatic carbocycles. The first-order valence-electron chi connectivity index (χ1n) is 9.49. The van der Waals surface area contributed by atoms with Crippen molar-refractivity contribution < 1.29 is 14.3 Å². The highest BCUT2D eigenvalue weighted by atomic mass is 16.5. The number of hydrogen-bond donors (Lipinski definition) is 0. The standard InChI is InChI=1S/C21H28N4O3/c1-14-19(15(2)24(4)22-14)13-23(3)20(26)17-9-10-25(12-17)21(27)16-7-6-8-18(11-16)28-5/h6-8,11,17H,9-10,12-13H2,1-5H3/t17-/m1/s1. The molecule has 2 amide bonds. The summed E-state index contributed by atoms with van der Waals surface area (Å²) < 4.78 is 7.04. The van der Waals surface area contributed by atoms with E-state index in [1.54, 1.807) is 35.1 Å². The van der Waals surface area contributed by atoms with Gasteiger partial charge in [-0.05, 0) is 38.5 Å². The quantitative estimate of drug-likeness (QED) is 0.792. The number of ether oxygens (including phenoxy) is 1. The highest BCUT2D eigenvalue weighted by molar-refractivity contribution is 5.95. The van der Waals surface area contributed by atoms with E-state index in [0.717, 1.165) is 17.0 Å². The van der Waals surface area contributed by atoms with Crippen LogP contribution in [0.5, 0.6) is 5.75 Å². The minimum absolute atomic E-state index is 0.0594. The van der Waals surface area contributed by atoms with Crippen LogP contribution in [0.2, 0.25) is 0 Å². The van der Waals surface area contributed by atoms with E-state index in [1.807, 2.05) is 38.7 Å². The molecule has 1 aromatic heterocycles. The fourth-order valence-corrected chi connectivity index (χ4v) is 3.76. The summed E-state index contributed by atoms with van der Waals surface area (Å²) in [6.07, 6.45) is 0.684. The first kappa shape index (κ1) is 19.9. The number of aryl methyl sites for hydroxylation is 2. The van der Waals surface area contributed by atoms with Gasteiger partial charge in [0.2, 0.25) is 5.91 Å². The van der Waals surface area contributed by atoms with E-state index in [0.29, 0.717) is 37.4 Å². The van der Waals surface area contributed by atoms with Crippen molar-refractivity contribution in [3.05, 3.63) is 46.8 Å². The number of hydrogen-bond acceptors (Lipinski definition) is 4. The van der Waals surface area contributed by atoms with E-state index in [2.05, 4.69) is 5.10 Å². The third-order valence-electron chi connectivity index (χ3n) is 5.57. The van der Waals surface area contributed by atoms with E-state index < -0.39 is 0 Å². The Morgan fingerprint density at radius 1 is 1.32 bits per heavy atom. The van der Waals surface area contributed by atoms with Crippen LogP contribution < -0.4 is 4.74 Å². The number of nitrogens with zero attached hydrogens (tertiary/aromatic N) is 4. The number of likely N-dealkylation sites (tertiary alicyclic amines) is 1. The molecule has 7 nitrogen and oxygen atoms in total. The molecule has 1 fully saturated rings. The second-order valence-corrected chi connectivity index (χ2v) is 7.44. The number of benzene rings is 1. The molecule has 1 aliphatic heterocycles. The summed E-state index contributed by atoms with van der Waals surface area (Å²) in [4.78, 5) is 29.2. The molecule has 0 spiro atoms. The van der Waals surface area contributed by atoms with Crippen LogP contribution in [0.1, 0.15) is 33.7 Å². The summed E-state index contributed by atoms with van der Waals surface area (Å²) in [5.41, 5.74) is 3.68. The molecular weight excluding hydrogens is 356 g/mol. The Balaban J connectivity index is 1.64. The molecule has 28 heavy (non-hydrogen) atoms. The minimum atomic E-state index is -0.170. The van der Waals surface area contributed by atoms with E-state index in [4.69, 9.17) is 4.74 Å². The topological polar surface area (TPSA) is 67.7 Å². The second-order valence-electron chi connectivity index (χ2n) is 7.44. The van der Waals surface area contributed by atoms with Crippen molar-refractivity contribution in [3.63, 3.8) is 0 Å². The van der Waals surface area contributed by atoms with Gasteiger partial charge in [0.25, 0.3) is 5.91 Å². The highest BCUT2D eigenvalue weighted by Crippen LogP contribution is 2.23. The van der Waals surface area contributed by atoms with Crippen molar-refractivity contribution >= 4 is 11.8 Å². The summed E-state index contributed by atoms with van der Waals surface area (Å²) in [7, 11) is 5.31. The number of carbonyl (C=O) groups is 2. The lowest BCUT2D eigenvalue weighted by Gasteiger charge is -2.22. The smallest absolute Gasteiger partial charge is 0.254 e. The molecule has 0 N–H and O–H groups in total. The maximum Gasteiger partial charge on any atom is 0.254 e. The highest BCUT2D eigenvalue weighted by Gasteiger charge is 2.33. The summed E-state index contributed by atoms with van der Waals surface area (Å²) in [5.74, 6) is 0.496. The fraction of sp³-hybridized carbons (Fsp3) is 0.476. The Labute approximate surface area is 165 Å². The molecule has 2 aromatic rings. The van der Waals surface area contributed by atoms with Crippen LogP contribution in [0, 0.1) is 19.8 Å². The SMILES string of the molecule is COc1cccc(C(=O)N2CC[C@@H](C(=O)N(C)Cc3c(C)nn(C)c3C)C2)c1. The normalized spacial score (nSPS) is 16.3. The molecule has 1 aliphatic rings. The molecule has 0 unspecified atom stereocenters. The Morgan fingerprint density at radius 2 is 2.07 bits per heavy atom. The predicted molar refractivity (Wildman–Crippen MR) is 106 cm³/mol. The molecule has 0 aliphatic carbocycles. The molecule has 1 saturated heterocycles. The largest absolute Gasteiger partial charge is 0.497 e. The Bertz CT molecular complexity index is 890. The zero-order valence-electron chi connectivity index (χ0n) is 17.2. The van der Waals surface area contributed by atoms with Gasteiger partial charge in [0.1, 0.15) is 5.75 Å². The number of aromatic nitrogens is 2. The van der Waals surface area contributed by atoms with Gasteiger partial charge in [-0.3, -0.25) is 14.3 Å². The maximum absolute atomic E-state index is 12.9. The first-order valence-corrected chi connectivity index (χ1v) is 9.49. The Hall–Kier alpha value is -2.83. The zero-order chi connectivity index (χ0) is 20.4. The molecule has 0 radical (unpaired) electrons. The molecule has 150 valence electrons. The second kappa shape index (κ2) is 8.04. The summed E-state index contributed by atoms with van der Waals surface area (Å²) in [5, 5.41) is 4.42. The molecule has 7 heteroatoms. The first-order chi connectivity index (χ1) is 13.3. The van der Waals surface area contributed by atoms with Crippen molar-refractivity contribution in [1.82, 2.24) is 19.6 Å². The molecule has 1 atom stereocenters. The van der Waals surface area contributed by atoms with E-state index in [-0.39, 0.29) is 17.7 Å². The van der Waals surface area contributed by atoms with Gasteiger partial charge in [-0.2, -0.15) is 5.10 Å². The van der Waals surface area contributed by atoms with Gasteiger partial charge >= 0.3 is 0 Å². The maximum atomic E-state index is 12.9. The lowest BCUT2D eigenvalue weighted by atomic mass is 10.1. The third kappa shape index (κ3) is 3.88. The lowest BCUT2D eigenvalue weighted by molar-refractivity contribution is -0.134. The summed E-state index contributed by atoms with van der Waals surface area (Å²) in [6, 6.07) is 7.12. The number of rotatable bonds is 5. The van der Waals surface area contributed by atoms with Crippen LogP contribution >= 0.6 is 0 Å². The molecule has 0 saturated carbocycles. The minimum Gasteiger partial charge on any atom is -0.497 e. The third-order valence-corrected chi connectivity index (χ3v) is 5.57. The number of carbonyl (C=O) groups excluding carboxylic acids is 2. The average molecular weight is 384 g/mol. The van der Waals surface area contributed by atoms with Crippen molar-refractivity contribution in [3.8, 4) is 5.75 Å². The van der Waals surface area contributed by atoms with Gasteiger partial charge in [-0.1, -0.05) is 6.07 Å². The van der Waals surface area contributed by atoms with Crippen LogP contribution in [0.25, 0.3) is 0 Å². The van der Waals surface area contributed by atoms with Gasteiger partial charge < -0.3 is 14.5 Å². The lowest BCUT2D eigenvalue weighted by Crippen LogP contribution is -2.35. The van der Waals surface area contributed by atoms with E-state index in [1.165, 1.54) is 0 Å². The van der Waals surface area contributed by atoms with Crippen LogP contribution in [-0.2, 0) is 18.4 Å². The van der Waals surface area contributed by atoms with Gasteiger partial charge in [-0.15, -0.1) is 0 Å². The van der Waals surface area contributed by atoms with Crippen molar-refractivity contribution in [1.29, 1.82) is 0 Å². The van der Waals surface area contributed by atoms with Gasteiger partial charge in [0.05, 0.1) is 18.7 Å². The van der Waals surface area contributed by atoms with Crippen molar-refractivity contribution in [2.45, 2.75) is 26.8 Å².